The summed E-state index contributed by atoms with van der Waals surface area (Å²) in [5.41, 5.74) is 1.04. The first-order chi connectivity index (χ1) is 8.29. The molecule has 0 aliphatic rings. The van der Waals surface area contributed by atoms with Crippen molar-refractivity contribution in [3.05, 3.63) is 77.8 Å². The minimum absolute atomic E-state index is 0.158. The fourth-order valence-corrected chi connectivity index (χ4v) is 1.68. The summed E-state index contributed by atoms with van der Waals surface area (Å²) in [6, 6.07) is 17.3. The maximum atomic E-state index is 5.85. The minimum Gasteiger partial charge on any atom is -0.482 e. The summed E-state index contributed by atoms with van der Waals surface area (Å²) in [5, 5.41) is 0.719. The molecule has 0 bridgehead atoms. The number of ether oxygens (including phenoxy) is 1. The van der Waals surface area contributed by atoms with Crippen LogP contribution in [0.1, 0.15) is 11.7 Å². The highest BCUT2D eigenvalue weighted by Crippen LogP contribution is 2.23. The second kappa shape index (κ2) is 5.55. The summed E-state index contributed by atoms with van der Waals surface area (Å²) in [6.07, 6.45) is 1.62. The third kappa shape index (κ3) is 3.11. The molecule has 0 saturated carbocycles. The van der Waals surface area contributed by atoms with Crippen LogP contribution in [-0.2, 0) is 0 Å². The zero-order chi connectivity index (χ0) is 12.1. The first-order valence-corrected chi connectivity index (χ1v) is 5.77. The quantitative estimate of drug-likeness (QED) is 0.712. The second-order valence-corrected chi connectivity index (χ2v) is 4.08. The Morgan fingerprint density at radius 1 is 1.00 bits per heavy atom. The number of benzene rings is 2. The molecule has 0 saturated heterocycles. The predicted molar refractivity (Wildman–Crippen MR) is 71.5 cm³/mol. The molecule has 2 aromatic carbocycles. The Labute approximate surface area is 106 Å². The van der Waals surface area contributed by atoms with Gasteiger partial charge in [-0.3, -0.25) is 0 Å². The van der Waals surface area contributed by atoms with E-state index in [1.165, 1.54) is 0 Å². The standard InChI is InChI=1S/C15H13ClO/c1-2-15(12-8-10-13(16)11-9-12)17-14-6-4-3-5-7-14/h2-11,15H,1H2/t15-/m0/s1. The van der Waals surface area contributed by atoms with E-state index in [0.717, 1.165) is 16.3 Å². The Morgan fingerprint density at radius 2 is 1.65 bits per heavy atom. The van der Waals surface area contributed by atoms with Crippen molar-refractivity contribution in [3.63, 3.8) is 0 Å². The molecule has 0 N–H and O–H groups in total. The van der Waals surface area contributed by atoms with Crippen LogP contribution >= 0.6 is 11.6 Å². The largest absolute Gasteiger partial charge is 0.482 e. The molecule has 1 nitrogen and oxygen atoms in total. The number of hydrogen-bond donors (Lipinski definition) is 0. The second-order valence-electron chi connectivity index (χ2n) is 3.64. The van der Waals surface area contributed by atoms with Crippen molar-refractivity contribution in [1.82, 2.24) is 0 Å². The van der Waals surface area contributed by atoms with Gasteiger partial charge in [-0.2, -0.15) is 0 Å². The van der Waals surface area contributed by atoms with Gasteiger partial charge in [0.25, 0.3) is 0 Å². The van der Waals surface area contributed by atoms with Gasteiger partial charge in [-0.15, -0.1) is 0 Å². The van der Waals surface area contributed by atoms with Gasteiger partial charge in [0.2, 0.25) is 0 Å². The van der Waals surface area contributed by atoms with Gasteiger partial charge in [0.15, 0.2) is 0 Å². The number of para-hydroxylation sites is 1. The van der Waals surface area contributed by atoms with Crippen molar-refractivity contribution >= 4 is 11.6 Å². The molecule has 0 spiro atoms. The van der Waals surface area contributed by atoms with Crippen LogP contribution in [0.5, 0.6) is 5.75 Å². The molecule has 0 heterocycles. The van der Waals surface area contributed by atoms with Gasteiger partial charge in [-0.25, -0.2) is 0 Å². The molecule has 0 aromatic heterocycles. The number of rotatable bonds is 4. The van der Waals surface area contributed by atoms with Crippen LogP contribution in [-0.4, -0.2) is 0 Å². The predicted octanol–water partition coefficient (Wildman–Crippen LogP) is 4.65. The molecule has 86 valence electrons. The molecule has 2 rings (SSSR count). The lowest BCUT2D eigenvalue weighted by atomic mass is 10.1. The van der Waals surface area contributed by atoms with Crippen molar-refractivity contribution in [2.45, 2.75) is 6.10 Å². The van der Waals surface area contributed by atoms with Gasteiger partial charge < -0.3 is 4.74 Å². The van der Waals surface area contributed by atoms with E-state index in [-0.39, 0.29) is 6.10 Å². The van der Waals surface area contributed by atoms with Gasteiger partial charge >= 0.3 is 0 Å². The molecule has 0 amide bonds. The average Bonchev–Trinajstić information content (AvgIpc) is 2.38. The smallest absolute Gasteiger partial charge is 0.142 e. The molecule has 2 aromatic rings. The van der Waals surface area contributed by atoms with E-state index >= 15 is 0 Å². The molecule has 0 unspecified atom stereocenters. The highest BCUT2D eigenvalue weighted by Gasteiger charge is 2.08. The van der Waals surface area contributed by atoms with Gasteiger partial charge in [0.05, 0.1) is 0 Å². The lowest BCUT2D eigenvalue weighted by Gasteiger charge is -2.15. The highest BCUT2D eigenvalue weighted by molar-refractivity contribution is 6.30. The fraction of sp³-hybridized carbons (Fsp3) is 0.0667. The van der Waals surface area contributed by atoms with Crippen molar-refractivity contribution in [3.8, 4) is 5.75 Å². The maximum Gasteiger partial charge on any atom is 0.142 e. The third-order valence-electron chi connectivity index (χ3n) is 2.42. The van der Waals surface area contributed by atoms with Crippen LogP contribution in [0.3, 0.4) is 0 Å². The zero-order valence-electron chi connectivity index (χ0n) is 9.34. The van der Waals surface area contributed by atoms with E-state index in [1.807, 2.05) is 54.6 Å². The normalized spacial score (nSPS) is 11.8. The summed E-state index contributed by atoms with van der Waals surface area (Å²) in [6.45, 7) is 3.80. The molecule has 1 atom stereocenters. The van der Waals surface area contributed by atoms with E-state index in [9.17, 15) is 0 Å². The average molecular weight is 245 g/mol. The molecule has 0 fully saturated rings. The lowest BCUT2D eigenvalue weighted by molar-refractivity contribution is 0.256. The Morgan fingerprint density at radius 3 is 2.24 bits per heavy atom. The summed E-state index contributed by atoms with van der Waals surface area (Å²) in [7, 11) is 0. The summed E-state index contributed by atoms with van der Waals surface area (Å²) in [4.78, 5) is 0. The van der Waals surface area contributed by atoms with Crippen molar-refractivity contribution < 1.29 is 4.74 Å². The van der Waals surface area contributed by atoms with Gasteiger partial charge in [-0.05, 0) is 35.9 Å². The van der Waals surface area contributed by atoms with Crippen molar-refractivity contribution in [1.29, 1.82) is 0 Å². The van der Waals surface area contributed by atoms with E-state index < -0.39 is 0 Å². The third-order valence-corrected chi connectivity index (χ3v) is 2.67. The molecular formula is C15H13ClO. The Balaban J connectivity index is 2.17. The summed E-state index contributed by atoms with van der Waals surface area (Å²) < 4.78 is 5.83. The van der Waals surface area contributed by atoms with Crippen LogP contribution in [0, 0.1) is 0 Å². The molecule has 0 aliphatic carbocycles. The molecule has 0 radical (unpaired) electrons. The molecule has 2 heteroatoms. The zero-order valence-corrected chi connectivity index (χ0v) is 10.1. The first-order valence-electron chi connectivity index (χ1n) is 5.39. The minimum atomic E-state index is -0.158. The van der Waals surface area contributed by atoms with Crippen LogP contribution in [0.4, 0.5) is 0 Å². The first kappa shape index (κ1) is 11.7. The van der Waals surface area contributed by atoms with Gasteiger partial charge in [0.1, 0.15) is 11.9 Å². The topological polar surface area (TPSA) is 9.23 Å². The highest BCUT2D eigenvalue weighted by atomic mass is 35.5. The summed E-state index contributed by atoms with van der Waals surface area (Å²) in [5.74, 6) is 0.826. The van der Waals surface area contributed by atoms with Crippen LogP contribution in [0.15, 0.2) is 67.3 Å². The Kier molecular flexibility index (Phi) is 3.84. The van der Waals surface area contributed by atoms with Gasteiger partial charge in [0, 0.05) is 5.02 Å². The maximum absolute atomic E-state index is 5.85. The molecular weight excluding hydrogens is 232 g/mol. The molecule has 17 heavy (non-hydrogen) atoms. The number of halogens is 1. The summed E-state index contributed by atoms with van der Waals surface area (Å²) >= 11 is 5.85. The number of hydrogen-bond acceptors (Lipinski definition) is 1. The van der Waals surface area contributed by atoms with Crippen LogP contribution in [0.2, 0.25) is 5.02 Å². The van der Waals surface area contributed by atoms with Crippen LogP contribution in [0.25, 0.3) is 0 Å². The van der Waals surface area contributed by atoms with E-state index in [4.69, 9.17) is 16.3 Å². The fourth-order valence-electron chi connectivity index (χ4n) is 1.55. The van der Waals surface area contributed by atoms with E-state index in [2.05, 4.69) is 6.58 Å². The van der Waals surface area contributed by atoms with Crippen LogP contribution < -0.4 is 4.74 Å². The van der Waals surface area contributed by atoms with Crippen molar-refractivity contribution in [2.75, 3.05) is 0 Å². The van der Waals surface area contributed by atoms with Gasteiger partial charge in [-0.1, -0.05) is 48.5 Å². The van der Waals surface area contributed by atoms with E-state index in [0.29, 0.717) is 0 Å². The van der Waals surface area contributed by atoms with Crippen molar-refractivity contribution in [2.24, 2.45) is 0 Å². The molecule has 0 aliphatic heterocycles. The van der Waals surface area contributed by atoms with E-state index in [1.54, 1.807) is 6.08 Å². The monoisotopic (exact) mass is 244 g/mol. The Bertz CT molecular complexity index is 476. The lowest BCUT2D eigenvalue weighted by Crippen LogP contribution is -2.03. The Hall–Kier alpha value is -1.73. The SMILES string of the molecule is C=C[C@H](Oc1ccccc1)c1ccc(Cl)cc1.